The van der Waals surface area contributed by atoms with Crippen LogP contribution < -0.4 is 5.73 Å². The van der Waals surface area contributed by atoms with Crippen LogP contribution in [-0.2, 0) is 6.54 Å². The maximum Gasteiger partial charge on any atom is 0.0895 e. The van der Waals surface area contributed by atoms with Crippen LogP contribution >= 0.6 is 11.5 Å². The van der Waals surface area contributed by atoms with Crippen molar-refractivity contribution in [1.82, 2.24) is 14.5 Å². The third kappa shape index (κ3) is 2.46. The molecule has 0 saturated carbocycles. The summed E-state index contributed by atoms with van der Waals surface area (Å²) in [5, 5.41) is 6.02. The van der Waals surface area contributed by atoms with E-state index in [-0.39, 0.29) is 0 Å². The summed E-state index contributed by atoms with van der Waals surface area (Å²) in [4.78, 5) is 2.35. The monoisotopic (exact) mass is 198 g/mol. The Hall–Kier alpha value is -0.520. The van der Waals surface area contributed by atoms with Crippen LogP contribution in [0.1, 0.15) is 18.5 Å². The highest BCUT2D eigenvalue weighted by molar-refractivity contribution is 7.03. The van der Waals surface area contributed by atoms with Gasteiger partial charge in [0.15, 0.2) is 0 Å². The van der Waals surface area contributed by atoms with Gasteiger partial charge in [0.25, 0.3) is 0 Å². The Morgan fingerprint density at radius 2 is 2.62 bits per heavy atom. The number of nitrogens with zero attached hydrogens (tertiary/aromatic N) is 3. The first-order valence-corrected chi connectivity index (χ1v) is 5.42. The quantitative estimate of drug-likeness (QED) is 0.750. The fraction of sp³-hybridized carbons (Fsp3) is 0.750. The predicted molar refractivity (Wildman–Crippen MR) is 52.4 cm³/mol. The molecule has 1 aromatic heterocycles. The van der Waals surface area contributed by atoms with Gasteiger partial charge in [0.1, 0.15) is 0 Å². The summed E-state index contributed by atoms with van der Waals surface area (Å²) in [5.74, 6) is 0. The minimum atomic E-state index is 0.348. The predicted octanol–water partition coefficient (Wildman–Crippen LogP) is 0.461. The number of likely N-dealkylation sites (tertiary alicyclic amines) is 1. The first kappa shape index (κ1) is 9.05. The van der Waals surface area contributed by atoms with Crippen molar-refractivity contribution in [2.45, 2.75) is 25.4 Å². The van der Waals surface area contributed by atoms with Gasteiger partial charge in [-0.05, 0) is 30.9 Å². The molecule has 0 aromatic carbocycles. The van der Waals surface area contributed by atoms with Gasteiger partial charge in [-0.25, -0.2) is 0 Å². The van der Waals surface area contributed by atoms with Crippen LogP contribution in [0.2, 0.25) is 0 Å². The van der Waals surface area contributed by atoms with Gasteiger partial charge in [0, 0.05) is 24.5 Å². The summed E-state index contributed by atoms with van der Waals surface area (Å²) >= 11 is 1.41. The van der Waals surface area contributed by atoms with E-state index in [1.54, 1.807) is 0 Å². The standard InChI is InChI=1S/C8H14N4S/c9-7-2-1-3-12(4-7)5-8-6-13-11-10-8/h6-7H,1-5,9H2/t7-/m1/s1. The largest absolute Gasteiger partial charge is 0.327 e. The second-order valence-corrected chi connectivity index (χ2v) is 4.14. The molecular formula is C8H14N4S. The molecular weight excluding hydrogens is 184 g/mol. The van der Waals surface area contributed by atoms with E-state index in [0.29, 0.717) is 6.04 Å². The first-order chi connectivity index (χ1) is 6.34. The molecule has 0 radical (unpaired) electrons. The average Bonchev–Trinajstić information content (AvgIpc) is 2.57. The van der Waals surface area contributed by atoms with Crippen LogP contribution in [0.3, 0.4) is 0 Å². The Morgan fingerprint density at radius 3 is 3.31 bits per heavy atom. The minimum absolute atomic E-state index is 0.348. The fourth-order valence-electron chi connectivity index (χ4n) is 1.72. The number of rotatable bonds is 2. The van der Waals surface area contributed by atoms with Crippen molar-refractivity contribution in [3.63, 3.8) is 0 Å². The van der Waals surface area contributed by atoms with Gasteiger partial charge >= 0.3 is 0 Å². The third-order valence-electron chi connectivity index (χ3n) is 2.33. The van der Waals surface area contributed by atoms with Crippen molar-refractivity contribution in [1.29, 1.82) is 0 Å². The zero-order chi connectivity index (χ0) is 9.10. The van der Waals surface area contributed by atoms with Gasteiger partial charge < -0.3 is 5.73 Å². The Labute approximate surface area is 81.9 Å². The van der Waals surface area contributed by atoms with E-state index in [1.807, 2.05) is 5.38 Å². The SMILES string of the molecule is N[C@@H]1CCCN(Cc2csnn2)C1. The molecule has 2 rings (SSSR count). The minimum Gasteiger partial charge on any atom is -0.327 e. The number of piperidine rings is 1. The van der Waals surface area contributed by atoms with Crippen LogP contribution in [0.25, 0.3) is 0 Å². The molecule has 0 spiro atoms. The lowest BCUT2D eigenvalue weighted by Gasteiger charge is -2.29. The summed E-state index contributed by atoms with van der Waals surface area (Å²) in [5.41, 5.74) is 6.95. The van der Waals surface area contributed by atoms with E-state index in [9.17, 15) is 0 Å². The summed E-state index contributed by atoms with van der Waals surface area (Å²) in [6.45, 7) is 3.05. The summed E-state index contributed by atoms with van der Waals surface area (Å²) in [6, 6.07) is 0.348. The molecule has 2 N–H and O–H groups in total. The number of hydrogen-bond acceptors (Lipinski definition) is 5. The topological polar surface area (TPSA) is 55.0 Å². The Balaban J connectivity index is 1.87. The van der Waals surface area contributed by atoms with Gasteiger partial charge in [0.05, 0.1) is 5.69 Å². The molecule has 1 saturated heterocycles. The third-order valence-corrected chi connectivity index (χ3v) is 2.89. The van der Waals surface area contributed by atoms with E-state index >= 15 is 0 Å². The summed E-state index contributed by atoms with van der Waals surface area (Å²) in [6.07, 6.45) is 2.37. The van der Waals surface area contributed by atoms with Crippen LogP contribution in [0.4, 0.5) is 0 Å². The van der Waals surface area contributed by atoms with E-state index < -0.39 is 0 Å². The highest BCUT2D eigenvalue weighted by Crippen LogP contribution is 2.11. The molecule has 0 aliphatic carbocycles. The number of nitrogens with two attached hydrogens (primary N) is 1. The maximum atomic E-state index is 5.88. The molecule has 1 aliphatic rings. The molecule has 4 nitrogen and oxygen atoms in total. The van der Waals surface area contributed by atoms with Gasteiger partial charge in [-0.3, -0.25) is 4.90 Å². The highest BCUT2D eigenvalue weighted by Gasteiger charge is 2.16. The van der Waals surface area contributed by atoms with Crippen molar-refractivity contribution in [3.8, 4) is 0 Å². The lowest BCUT2D eigenvalue weighted by molar-refractivity contribution is 0.199. The van der Waals surface area contributed by atoms with Gasteiger partial charge in [-0.15, -0.1) is 5.10 Å². The van der Waals surface area contributed by atoms with Crippen molar-refractivity contribution in [3.05, 3.63) is 11.1 Å². The van der Waals surface area contributed by atoms with Crippen molar-refractivity contribution in [2.24, 2.45) is 5.73 Å². The lowest BCUT2D eigenvalue weighted by atomic mass is 10.1. The highest BCUT2D eigenvalue weighted by atomic mass is 32.1. The second kappa shape index (κ2) is 4.13. The molecule has 1 aromatic rings. The second-order valence-electron chi connectivity index (χ2n) is 3.53. The molecule has 2 heterocycles. The molecule has 5 heteroatoms. The molecule has 1 atom stereocenters. The zero-order valence-corrected chi connectivity index (χ0v) is 8.33. The number of aromatic nitrogens is 2. The lowest BCUT2D eigenvalue weighted by Crippen LogP contribution is -2.42. The zero-order valence-electron chi connectivity index (χ0n) is 7.52. The molecule has 0 unspecified atom stereocenters. The maximum absolute atomic E-state index is 5.88. The van der Waals surface area contributed by atoms with Crippen molar-refractivity contribution >= 4 is 11.5 Å². The molecule has 0 bridgehead atoms. The average molecular weight is 198 g/mol. The van der Waals surface area contributed by atoms with Crippen LogP contribution in [0.5, 0.6) is 0 Å². The Morgan fingerprint density at radius 1 is 1.69 bits per heavy atom. The normalized spacial score (nSPS) is 24.8. The van der Waals surface area contributed by atoms with Gasteiger partial charge in [0.2, 0.25) is 0 Å². The van der Waals surface area contributed by atoms with Crippen molar-refractivity contribution in [2.75, 3.05) is 13.1 Å². The van der Waals surface area contributed by atoms with Gasteiger partial charge in [-0.1, -0.05) is 4.49 Å². The van der Waals surface area contributed by atoms with Crippen LogP contribution in [0, 0.1) is 0 Å². The van der Waals surface area contributed by atoms with E-state index in [4.69, 9.17) is 5.73 Å². The van der Waals surface area contributed by atoms with E-state index in [2.05, 4.69) is 14.5 Å². The summed E-state index contributed by atoms with van der Waals surface area (Å²) in [7, 11) is 0. The molecule has 1 fully saturated rings. The molecule has 1 aliphatic heterocycles. The summed E-state index contributed by atoms with van der Waals surface area (Å²) < 4.78 is 3.84. The first-order valence-electron chi connectivity index (χ1n) is 4.58. The smallest absolute Gasteiger partial charge is 0.0895 e. The van der Waals surface area contributed by atoms with Gasteiger partial charge in [-0.2, -0.15) is 0 Å². The van der Waals surface area contributed by atoms with Crippen LogP contribution in [-0.4, -0.2) is 33.6 Å². The Bertz CT molecular complexity index is 249. The van der Waals surface area contributed by atoms with Crippen molar-refractivity contribution < 1.29 is 0 Å². The Kier molecular flexibility index (Phi) is 2.87. The van der Waals surface area contributed by atoms with Crippen LogP contribution in [0.15, 0.2) is 5.38 Å². The number of hydrogen-bond donors (Lipinski definition) is 1. The van der Waals surface area contributed by atoms with E-state index in [0.717, 1.165) is 31.7 Å². The molecule has 72 valence electrons. The van der Waals surface area contributed by atoms with E-state index in [1.165, 1.54) is 18.0 Å². The fourth-order valence-corrected chi connectivity index (χ4v) is 2.16. The molecule has 0 amide bonds. The molecule has 13 heavy (non-hydrogen) atoms.